The molecule has 4 nitrogen and oxygen atoms in total. The van der Waals surface area contributed by atoms with Crippen molar-refractivity contribution in [2.45, 2.75) is 20.3 Å². The number of hydrazone groups is 1. The highest BCUT2D eigenvalue weighted by Gasteiger charge is 2.04. The van der Waals surface area contributed by atoms with E-state index in [4.69, 9.17) is 16.3 Å². The van der Waals surface area contributed by atoms with Crippen LogP contribution in [0.15, 0.2) is 53.6 Å². The van der Waals surface area contributed by atoms with Crippen molar-refractivity contribution in [1.82, 2.24) is 5.43 Å². The van der Waals surface area contributed by atoms with E-state index >= 15 is 0 Å². The van der Waals surface area contributed by atoms with E-state index in [1.165, 1.54) is 0 Å². The Balaban J connectivity index is 1.86. The molecular formula is C19H21ClN2O2. The highest BCUT2D eigenvalue weighted by molar-refractivity contribution is 6.30. The van der Waals surface area contributed by atoms with Crippen LogP contribution in [-0.2, 0) is 0 Å². The summed E-state index contributed by atoms with van der Waals surface area (Å²) in [7, 11) is 0. The average molecular weight is 345 g/mol. The monoisotopic (exact) mass is 344 g/mol. The summed E-state index contributed by atoms with van der Waals surface area (Å²) in [5, 5.41) is 4.56. The largest absolute Gasteiger partial charge is 0.494 e. The van der Waals surface area contributed by atoms with E-state index in [0.29, 0.717) is 23.1 Å². The van der Waals surface area contributed by atoms with Gasteiger partial charge in [-0.05, 0) is 54.3 Å². The van der Waals surface area contributed by atoms with Crippen molar-refractivity contribution in [3.05, 3.63) is 64.7 Å². The number of hydrogen-bond acceptors (Lipinski definition) is 3. The third-order valence-corrected chi connectivity index (χ3v) is 3.54. The Kier molecular flexibility index (Phi) is 6.82. The lowest BCUT2D eigenvalue weighted by Crippen LogP contribution is -2.17. The second kappa shape index (κ2) is 9.08. The van der Waals surface area contributed by atoms with Crippen molar-refractivity contribution in [2.24, 2.45) is 11.0 Å². The van der Waals surface area contributed by atoms with Gasteiger partial charge in [-0.25, -0.2) is 5.43 Å². The summed E-state index contributed by atoms with van der Waals surface area (Å²) in [6.07, 6.45) is 2.55. The SMILES string of the molecule is CC(C)CCOc1ccc(C(=O)NN=Cc2cccc(Cl)c2)cc1. The van der Waals surface area contributed by atoms with Crippen LogP contribution in [0, 0.1) is 5.92 Å². The Hall–Kier alpha value is -2.33. The number of ether oxygens (including phenoxy) is 1. The molecule has 0 saturated carbocycles. The van der Waals surface area contributed by atoms with Crippen molar-refractivity contribution in [3.63, 3.8) is 0 Å². The van der Waals surface area contributed by atoms with Crippen LogP contribution in [-0.4, -0.2) is 18.7 Å². The van der Waals surface area contributed by atoms with E-state index < -0.39 is 0 Å². The van der Waals surface area contributed by atoms with E-state index in [1.807, 2.05) is 12.1 Å². The number of nitrogens with one attached hydrogen (secondary N) is 1. The number of rotatable bonds is 7. The topological polar surface area (TPSA) is 50.7 Å². The van der Waals surface area contributed by atoms with Gasteiger partial charge >= 0.3 is 0 Å². The smallest absolute Gasteiger partial charge is 0.271 e. The first-order valence-corrected chi connectivity index (χ1v) is 8.24. The van der Waals surface area contributed by atoms with Crippen molar-refractivity contribution in [1.29, 1.82) is 0 Å². The van der Waals surface area contributed by atoms with Crippen LogP contribution in [0.3, 0.4) is 0 Å². The minimum atomic E-state index is -0.276. The number of benzene rings is 2. The van der Waals surface area contributed by atoms with Gasteiger partial charge in [0.15, 0.2) is 0 Å². The maximum absolute atomic E-state index is 12.0. The Morgan fingerprint density at radius 1 is 1.25 bits per heavy atom. The third-order valence-electron chi connectivity index (χ3n) is 3.31. The molecule has 0 unspecified atom stereocenters. The molecule has 0 heterocycles. The second-order valence-corrected chi connectivity index (χ2v) is 6.25. The van der Waals surface area contributed by atoms with Gasteiger partial charge in [-0.2, -0.15) is 5.10 Å². The number of amides is 1. The van der Waals surface area contributed by atoms with E-state index in [9.17, 15) is 4.79 Å². The quantitative estimate of drug-likeness (QED) is 0.592. The molecule has 0 radical (unpaired) electrons. The van der Waals surface area contributed by atoms with Gasteiger partial charge in [-0.15, -0.1) is 0 Å². The first kappa shape index (κ1) is 18.0. The summed E-state index contributed by atoms with van der Waals surface area (Å²) >= 11 is 5.89. The summed E-state index contributed by atoms with van der Waals surface area (Å²) < 4.78 is 5.63. The van der Waals surface area contributed by atoms with Crippen molar-refractivity contribution in [3.8, 4) is 5.75 Å². The molecule has 24 heavy (non-hydrogen) atoms. The third kappa shape index (κ3) is 6.05. The van der Waals surface area contributed by atoms with Crippen molar-refractivity contribution in [2.75, 3.05) is 6.61 Å². The highest BCUT2D eigenvalue weighted by Crippen LogP contribution is 2.13. The molecule has 0 aromatic heterocycles. The number of hydrogen-bond donors (Lipinski definition) is 1. The average Bonchev–Trinajstić information content (AvgIpc) is 2.55. The fourth-order valence-electron chi connectivity index (χ4n) is 1.93. The molecule has 126 valence electrons. The number of carbonyl (C=O) groups is 1. The van der Waals surface area contributed by atoms with Crippen LogP contribution in [0.25, 0.3) is 0 Å². The van der Waals surface area contributed by atoms with Gasteiger partial charge in [0, 0.05) is 10.6 Å². The maximum atomic E-state index is 12.0. The number of carbonyl (C=O) groups excluding carboxylic acids is 1. The molecule has 0 bridgehead atoms. The van der Waals surface area contributed by atoms with Gasteiger partial charge in [0.1, 0.15) is 5.75 Å². The molecule has 0 aliphatic rings. The molecule has 5 heteroatoms. The van der Waals surface area contributed by atoms with E-state index in [2.05, 4.69) is 24.4 Å². The molecule has 0 saturated heterocycles. The number of nitrogens with zero attached hydrogens (tertiary/aromatic N) is 1. The first-order valence-electron chi connectivity index (χ1n) is 7.86. The minimum absolute atomic E-state index is 0.276. The van der Waals surface area contributed by atoms with Crippen LogP contribution in [0.1, 0.15) is 36.2 Å². The van der Waals surface area contributed by atoms with Gasteiger partial charge in [-0.1, -0.05) is 37.6 Å². The summed E-state index contributed by atoms with van der Waals surface area (Å²) in [6, 6.07) is 14.2. The lowest BCUT2D eigenvalue weighted by Gasteiger charge is -2.08. The summed E-state index contributed by atoms with van der Waals surface area (Å²) in [5.41, 5.74) is 3.83. The lowest BCUT2D eigenvalue weighted by atomic mass is 10.1. The summed E-state index contributed by atoms with van der Waals surface area (Å²) in [4.78, 5) is 12.0. The van der Waals surface area contributed by atoms with Crippen LogP contribution in [0.4, 0.5) is 0 Å². The molecule has 0 aliphatic carbocycles. The predicted molar refractivity (Wildman–Crippen MR) is 97.9 cm³/mol. The highest BCUT2D eigenvalue weighted by atomic mass is 35.5. The lowest BCUT2D eigenvalue weighted by molar-refractivity contribution is 0.0955. The zero-order valence-electron chi connectivity index (χ0n) is 13.8. The number of halogens is 1. The van der Waals surface area contributed by atoms with Crippen molar-refractivity contribution < 1.29 is 9.53 Å². The first-order chi connectivity index (χ1) is 11.5. The summed E-state index contributed by atoms with van der Waals surface area (Å²) in [6.45, 7) is 4.98. The van der Waals surface area contributed by atoms with E-state index in [0.717, 1.165) is 17.7 Å². The van der Waals surface area contributed by atoms with Crippen LogP contribution in [0.5, 0.6) is 5.75 Å². The van der Waals surface area contributed by atoms with Gasteiger partial charge in [-0.3, -0.25) is 4.79 Å². The second-order valence-electron chi connectivity index (χ2n) is 5.81. The summed E-state index contributed by atoms with van der Waals surface area (Å²) in [5.74, 6) is 1.09. The zero-order chi connectivity index (χ0) is 17.4. The maximum Gasteiger partial charge on any atom is 0.271 e. The molecule has 2 aromatic rings. The molecule has 0 aliphatic heterocycles. The zero-order valence-corrected chi connectivity index (χ0v) is 14.6. The van der Waals surface area contributed by atoms with Crippen LogP contribution >= 0.6 is 11.6 Å². The van der Waals surface area contributed by atoms with E-state index in [1.54, 1.807) is 42.6 Å². The molecule has 2 rings (SSSR count). The fourth-order valence-corrected chi connectivity index (χ4v) is 2.13. The molecule has 0 atom stereocenters. The Bertz CT molecular complexity index is 697. The van der Waals surface area contributed by atoms with Gasteiger partial charge in [0.05, 0.1) is 12.8 Å². The minimum Gasteiger partial charge on any atom is -0.494 e. The van der Waals surface area contributed by atoms with Gasteiger partial charge in [0.25, 0.3) is 5.91 Å². The Labute approximate surface area is 147 Å². The Morgan fingerprint density at radius 2 is 2.00 bits per heavy atom. The van der Waals surface area contributed by atoms with Crippen LogP contribution < -0.4 is 10.2 Å². The van der Waals surface area contributed by atoms with Crippen molar-refractivity contribution >= 4 is 23.7 Å². The molecule has 2 aromatic carbocycles. The predicted octanol–water partition coefficient (Wildman–Crippen LogP) is 4.53. The standard InChI is InChI=1S/C19H21ClN2O2/c1-14(2)10-11-24-18-8-6-16(7-9-18)19(23)22-21-13-15-4-3-5-17(20)12-15/h3-9,12-14H,10-11H2,1-2H3,(H,22,23). The van der Waals surface area contributed by atoms with Gasteiger partial charge in [0.2, 0.25) is 0 Å². The van der Waals surface area contributed by atoms with Gasteiger partial charge < -0.3 is 4.74 Å². The normalized spacial score (nSPS) is 11.0. The molecule has 0 fully saturated rings. The Morgan fingerprint density at radius 3 is 2.67 bits per heavy atom. The fraction of sp³-hybridized carbons (Fsp3) is 0.263. The van der Waals surface area contributed by atoms with E-state index in [-0.39, 0.29) is 5.91 Å². The molecule has 1 amide bonds. The molecular weight excluding hydrogens is 324 g/mol. The molecule has 1 N–H and O–H groups in total. The molecule has 0 spiro atoms. The van der Waals surface area contributed by atoms with Crippen LogP contribution in [0.2, 0.25) is 5.02 Å².